The first-order chi connectivity index (χ1) is 12.2. The zero-order valence-electron chi connectivity index (χ0n) is 14.7. The van der Waals surface area contributed by atoms with E-state index in [4.69, 9.17) is 9.47 Å². The predicted molar refractivity (Wildman–Crippen MR) is 96.9 cm³/mol. The summed E-state index contributed by atoms with van der Waals surface area (Å²) in [5.41, 5.74) is 3.47. The Hall–Kier alpha value is -2.69. The normalized spacial score (nSPS) is 12.1. The number of fused-ring (bicyclic) bond motifs is 1. The number of amides is 2. The number of carbonyl (C=O) groups excluding carboxylic acids is 1. The molecule has 1 N–H and O–H groups in total. The number of carbonyl (C=O) groups is 1. The van der Waals surface area contributed by atoms with E-state index in [0.717, 1.165) is 29.0 Å². The molecule has 132 valence electrons. The topological polar surface area (TPSA) is 50.8 Å². The van der Waals surface area contributed by atoms with Crippen LogP contribution in [0.25, 0.3) is 0 Å². The number of urea groups is 1. The van der Waals surface area contributed by atoms with Crippen LogP contribution >= 0.6 is 0 Å². The van der Waals surface area contributed by atoms with Gasteiger partial charge in [-0.25, -0.2) is 4.79 Å². The third kappa shape index (κ3) is 4.44. The molecule has 0 spiro atoms. The Morgan fingerprint density at radius 1 is 1.12 bits per heavy atom. The number of benzene rings is 2. The van der Waals surface area contributed by atoms with Gasteiger partial charge in [0.05, 0.1) is 0 Å². The minimum atomic E-state index is -0.0373. The SMILES string of the molecule is CCN(Cc1cccc(C)c1)C(=O)NCCc1ccc2c(c1)OCO2. The molecule has 1 aliphatic heterocycles. The fraction of sp³-hybridized carbons (Fsp3) is 0.350. The van der Waals surface area contributed by atoms with Gasteiger partial charge in [0.2, 0.25) is 6.79 Å². The lowest BCUT2D eigenvalue weighted by molar-refractivity contribution is 0.174. The molecule has 25 heavy (non-hydrogen) atoms. The summed E-state index contributed by atoms with van der Waals surface area (Å²) in [5, 5.41) is 3.00. The zero-order valence-corrected chi connectivity index (χ0v) is 14.7. The maximum Gasteiger partial charge on any atom is 0.317 e. The van der Waals surface area contributed by atoms with Crippen LogP contribution in [-0.4, -0.2) is 30.8 Å². The average Bonchev–Trinajstić information content (AvgIpc) is 3.07. The van der Waals surface area contributed by atoms with E-state index >= 15 is 0 Å². The largest absolute Gasteiger partial charge is 0.454 e. The first-order valence-electron chi connectivity index (χ1n) is 8.62. The summed E-state index contributed by atoms with van der Waals surface area (Å²) in [7, 11) is 0. The van der Waals surface area contributed by atoms with Gasteiger partial charge in [-0.1, -0.05) is 35.9 Å². The van der Waals surface area contributed by atoms with Gasteiger partial charge in [0.25, 0.3) is 0 Å². The molecule has 2 aromatic rings. The molecule has 1 aliphatic rings. The van der Waals surface area contributed by atoms with Crippen molar-refractivity contribution in [3.8, 4) is 11.5 Å². The summed E-state index contributed by atoms with van der Waals surface area (Å²) in [6.45, 7) is 6.21. The number of rotatable bonds is 6. The van der Waals surface area contributed by atoms with Crippen molar-refractivity contribution < 1.29 is 14.3 Å². The minimum Gasteiger partial charge on any atom is -0.454 e. The number of hydrogen-bond acceptors (Lipinski definition) is 3. The van der Waals surface area contributed by atoms with Crippen molar-refractivity contribution in [2.45, 2.75) is 26.8 Å². The Bertz CT molecular complexity index is 745. The van der Waals surface area contributed by atoms with Gasteiger partial charge in [0.15, 0.2) is 11.5 Å². The smallest absolute Gasteiger partial charge is 0.317 e. The van der Waals surface area contributed by atoms with Gasteiger partial charge in [-0.3, -0.25) is 0 Å². The summed E-state index contributed by atoms with van der Waals surface area (Å²) >= 11 is 0. The molecule has 0 fully saturated rings. The molecule has 0 aliphatic carbocycles. The van der Waals surface area contributed by atoms with Crippen LogP contribution in [0, 0.1) is 6.92 Å². The fourth-order valence-corrected chi connectivity index (χ4v) is 2.88. The molecule has 5 nitrogen and oxygen atoms in total. The average molecular weight is 340 g/mol. The van der Waals surface area contributed by atoms with Crippen LogP contribution in [-0.2, 0) is 13.0 Å². The molecule has 0 atom stereocenters. The zero-order chi connectivity index (χ0) is 17.6. The molecule has 5 heteroatoms. The van der Waals surface area contributed by atoms with Crippen LogP contribution in [0.2, 0.25) is 0 Å². The van der Waals surface area contributed by atoms with Crippen molar-refractivity contribution in [3.05, 3.63) is 59.2 Å². The Labute approximate surface area is 148 Å². The van der Waals surface area contributed by atoms with Crippen LogP contribution in [0.1, 0.15) is 23.6 Å². The first kappa shape index (κ1) is 17.1. The molecule has 1 heterocycles. The van der Waals surface area contributed by atoms with Gasteiger partial charge in [-0.15, -0.1) is 0 Å². The molecular weight excluding hydrogens is 316 g/mol. The lowest BCUT2D eigenvalue weighted by atomic mass is 10.1. The van der Waals surface area contributed by atoms with Crippen LogP contribution in [0.3, 0.4) is 0 Å². The summed E-state index contributed by atoms with van der Waals surface area (Å²) in [4.78, 5) is 14.2. The second-order valence-electron chi connectivity index (χ2n) is 6.17. The Morgan fingerprint density at radius 3 is 2.76 bits per heavy atom. The molecule has 3 rings (SSSR count). The van der Waals surface area contributed by atoms with E-state index in [9.17, 15) is 4.79 Å². The lowest BCUT2D eigenvalue weighted by Crippen LogP contribution is -2.40. The third-order valence-electron chi connectivity index (χ3n) is 4.25. The van der Waals surface area contributed by atoms with Crippen molar-refractivity contribution in [2.24, 2.45) is 0 Å². The van der Waals surface area contributed by atoms with Gasteiger partial charge in [0, 0.05) is 19.6 Å². The third-order valence-corrected chi connectivity index (χ3v) is 4.25. The lowest BCUT2D eigenvalue weighted by Gasteiger charge is -2.21. The van der Waals surface area contributed by atoms with Gasteiger partial charge in [-0.05, 0) is 43.5 Å². The van der Waals surface area contributed by atoms with Gasteiger partial charge in [-0.2, -0.15) is 0 Å². The predicted octanol–water partition coefficient (Wildman–Crippen LogP) is 3.50. The van der Waals surface area contributed by atoms with Crippen molar-refractivity contribution >= 4 is 6.03 Å². The Morgan fingerprint density at radius 2 is 1.96 bits per heavy atom. The maximum atomic E-state index is 12.4. The van der Waals surface area contributed by atoms with Crippen molar-refractivity contribution in [1.82, 2.24) is 10.2 Å². The van der Waals surface area contributed by atoms with E-state index in [1.165, 1.54) is 5.56 Å². The summed E-state index contributed by atoms with van der Waals surface area (Å²) in [6.07, 6.45) is 0.754. The monoisotopic (exact) mass is 340 g/mol. The summed E-state index contributed by atoms with van der Waals surface area (Å²) in [5.74, 6) is 1.56. The van der Waals surface area contributed by atoms with Crippen molar-refractivity contribution in [2.75, 3.05) is 19.9 Å². The van der Waals surface area contributed by atoms with Crippen molar-refractivity contribution in [3.63, 3.8) is 0 Å². The highest BCUT2D eigenvalue weighted by Gasteiger charge is 2.14. The van der Waals surface area contributed by atoms with Crippen molar-refractivity contribution in [1.29, 1.82) is 0 Å². The van der Waals surface area contributed by atoms with E-state index in [1.54, 1.807) is 0 Å². The van der Waals surface area contributed by atoms with Gasteiger partial charge < -0.3 is 19.7 Å². The van der Waals surface area contributed by atoms with Crippen LogP contribution < -0.4 is 14.8 Å². The number of hydrogen-bond donors (Lipinski definition) is 1. The minimum absolute atomic E-state index is 0.0373. The summed E-state index contributed by atoms with van der Waals surface area (Å²) in [6, 6.07) is 14.1. The standard InChI is InChI=1S/C20H24N2O3/c1-3-22(13-17-6-4-5-15(2)11-17)20(23)21-10-9-16-7-8-18-19(12-16)25-14-24-18/h4-8,11-12H,3,9-10,13-14H2,1-2H3,(H,21,23). The van der Waals surface area contributed by atoms with E-state index in [0.29, 0.717) is 19.6 Å². The fourth-order valence-electron chi connectivity index (χ4n) is 2.88. The van der Waals surface area contributed by atoms with E-state index in [1.807, 2.05) is 36.1 Å². The second-order valence-corrected chi connectivity index (χ2v) is 6.17. The second kappa shape index (κ2) is 7.92. The van der Waals surface area contributed by atoms with Crippen LogP contribution in [0.4, 0.5) is 4.79 Å². The molecule has 0 unspecified atom stereocenters. The maximum absolute atomic E-state index is 12.4. The Kier molecular flexibility index (Phi) is 5.43. The van der Waals surface area contributed by atoms with E-state index in [-0.39, 0.29) is 12.8 Å². The number of nitrogens with zero attached hydrogens (tertiary/aromatic N) is 1. The van der Waals surface area contributed by atoms with Gasteiger partial charge >= 0.3 is 6.03 Å². The van der Waals surface area contributed by atoms with Crippen LogP contribution in [0.15, 0.2) is 42.5 Å². The molecule has 0 saturated carbocycles. The molecular formula is C20H24N2O3. The summed E-state index contributed by atoms with van der Waals surface area (Å²) < 4.78 is 10.7. The van der Waals surface area contributed by atoms with Crippen LogP contribution in [0.5, 0.6) is 11.5 Å². The highest BCUT2D eigenvalue weighted by atomic mass is 16.7. The number of ether oxygens (including phenoxy) is 2. The van der Waals surface area contributed by atoms with E-state index < -0.39 is 0 Å². The molecule has 2 amide bonds. The quantitative estimate of drug-likeness (QED) is 0.876. The number of aryl methyl sites for hydroxylation is 1. The molecule has 0 radical (unpaired) electrons. The highest BCUT2D eigenvalue weighted by molar-refractivity contribution is 5.74. The molecule has 0 bridgehead atoms. The molecule has 0 aromatic heterocycles. The molecule has 2 aromatic carbocycles. The first-order valence-corrected chi connectivity index (χ1v) is 8.62. The number of nitrogens with one attached hydrogen (secondary N) is 1. The molecule has 0 saturated heterocycles. The highest BCUT2D eigenvalue weighted by Crippen LogP contribution is 2.32. The Balaban J connectivity index is 1.50. The van der Waals surface area contributed by atoms with Gasteiger partial charge in [0.1, 0.15) is 0 Å². The van der Waals surface area contributed by atoms with E-state index in [2.05, 4.69) is 30.4 Å².